The summed E-state index contributed by atoms with van der Waals surface area (Å²) in [4.78, 5) is 22.5. The highest BCUT2D eigenvalue weighted by molar-refractivity contribution is 5.76. The standard InChI is InChI=1S/C10H9F2NO3/c1-13(2)10(15)16-6-3-8(11)7(5-14)9(12)4-6/h3-5H,1-2H3. The van der Waals surface area contributed by atoms with Crippen molar-refractivity contribution in [2.45, 2.75) is 0 Å². The molecular weight excluding hydrogens is 220 g/mol. The van der Waals surface area contributed by atoms with Gasteiger partial charge in [0.05, 0.1) is 5.56 Å². The van der Waals surface area contributed by atoms with Gasteiger partial charge in [-0.05, 0) is 0 Å². The number of hydrogen-bond donors (Lipinski definition) is 0. The Morgan fingerprint density at radius 3 is 2.19 bits per heavy atom. The molecular formula is C10H9F2NO3. The zero-order chi connectivity index (χ0) is 12.3. The number of carbonyl (C=O) groups is 2. The Bertz CT molecular complexity index is 409. The molecule has 0 unspecified atom stereocenters. The molecule has 16 heavy (non-hydrogen) atoms. The van der Waals surface area contributed by atoms with Crippen molar-refractivity contribution in [3.8, 4) is 5.75 Å². The van der Waals surface area contributed by atoms with Gasteiger partial charge < -0.3 is 9.64 Å². The number of ether oxygens (including phenoxy) is 1. The van der Waals surface area contributed by atoms with E-state index in [1.54, 1.807) is 0 Å². The van der Waals surface area contributed by atoms with Gasteiger partial charge in [-0.1, -0.05) is 0 Å². The fourth-order valence-electron chi connectivity index (χ4n) is 0.925. The van der Waals surface area contributed by atoms with Crippen LogP contribution in [0.2, 0.25) is 0 Å². The number of rotatable bonds is 2. The highest BCUT2D eigenvalue weighted by atomic mass is 19.1. The van der Waals surface area contributed by atoms with Crippen LogP contribution in [0.4, 0.5) is 13.6 Å². The Morgan fingerprint density at radius 1 is 1.31 bits per heavy atom. The SMILES string of the molecule is CN(C)C(=O)Oc1cc(F)c(C=O)c(F)c1. The summed E-state index contributed by atoms with van der Waals surface area (Å²) in [6, 6.07) is 1.54. The van der Waals surface area contributed by atoms with Crippen molar-refractivity contribution in [2.75, 3.05) is 14.1 Å². The van der Waals surface area contributed by atoms with Crippen molar-refractivity contribution in [1.29, 1.82) is 0 Å². The molecule has 4 nitrogen and oxygen atoms in total. The first kappa shape index (κ1) is 12.1. The van der Waals surface area contributed by atoms with E-state index in [1.807, 2.05) is 0 Å². The summed E-state index contributed by atoms with van der Waals surface area (Å²) in [5.41, 5.74) is -0.690. The summed E-state index contributed by atoms with van der Waals surface area (Å²) in [6.07, 6.45) is -0.708. The van der Waals surface area contributed by atoms with Gasteiger partial charge >= 0.3 is 6.09 Å². The molecule has 0 heterocycles. The highest BCUT2D eigenvalue weighted by Crippen LogP contribution is 2.19. The van der Waals surface area contributed by atoms with Gasteiger partial charge in [-0.25, -0.2) is 13.6 Å². The Labute approximate surface area is 90.4 Å². The van der Waals surface area contributed by atoms with Crippen LogP contribution in [0.15, 0.2) is 12.1 Å². The monoisotopic (exact) mass is 229 g/mol. The maximum absolute atomic E-state index is 13.1. The zero-order valence-electron chi connectivity index (χ0n) is 8.66. The summed E-state index contributed by atoms with van der Waals surface area (Å²) < 4.78 is 30.8. The van der Waals surface area contributed by atoms with Crippen LogP contribution < -0.4 is 4.74 Å². The second-order valence-corrected chi connectivity index (χ2v) is 3.18. The van der Waals surface area contributed by atoms with Crippen LogP contribution in [0.1, 0.15) is 10.4 Å². The maximum atomic E-state index is 13.1. The van der Waals surface area contributed by atoms with E-state index in [0.717, 1.165) is 17.0 Å². The predicted octanol–water partition coefficient (Wildman–Crippen LogP) is 1.84. The fourth-order valence-corrected chi connectivity index (χ4v) is 0.925. The fraction of sp³-hybridized carbons (Fsp3) is 0.200. The van der Waals surface area contributed by atoms with Gasteiger partial charge in [-0.3, -0.25) is 4.79 Å². The summed E-state index contributed by atoms with van der Waals surface area (Å²) in [6.45, 7) is 0. The summed E-state index contributed by atoms with van der Waals surface area (Å²) >= 11 is 0. The third-order valence-corrected chi connectivity index (χ3v) is 1.74. The maximum Gasteiger partial charge on any atom is 0.414 e. The highest BCUT2D eigenvalue weighted by Gasteiger charge is 2.13. The molecule has 0 spiro atoms. The number of hydrogen-bond acceptors (Lipinski definition) is 3. The van der Waals surface area contributed by atoms with E-state index in [2.05, 4.69) is 4.74 Å². The summed E-state index contributed by atoms with van der Waals surface area (Å²) in [5, 5.41) is 0. The number of nitrogens with zero attached hydrogens (tertiary/aromatic N) is 1. The molecule has 0 aliphatic rings. The third kappa shape index (κ3) is 2.53. The zero-order valence-corrected chi connectivity index (χ0v) is 8.66. The number of carbonyl (C=O) groups excluding carboxylic acids is 2. The second kappa shape index (κ2) is 4.69. The van der Waals surface area contributed by atoms with Gasteiger partial charge in [0, 0.05) is 26.2 Å². The molecule has 1 rings (SSSR count). The molecule has 0 aliphatic heterocycles. The minimum Gasteiger partial charge on any atom is -0.410 e. The average molecular weight is 229 g/mol. The lowest BCUT2D eigenvalue weighted by Gasteiger charge is -2.11. The third-order valence-electron chi connectivity index (χ3n) is 1.74. The van der Waals surface area contributed by atoms with Gasteiger partial charge in [0.1, 0.15) is 17.4 Å². The van der Waals surface area contributed by atoms with Crippen molar-refractivity contribution in [2.24, 2.45) is 0 Å². The molecule has 0 saturated carbocycles. The first-order valence-corrected chi connectivity index (χ1v) is 4.29. The molecule has 0 saturated heterocycles. The number of benzene rings is 1. The van der Waals surface area contributed by atoms with Crippen molar-refractivity contribution in [1.82, 2.24) is 4.90 Å². The normalized spacial score (nSPS) is 9.75. The number of aldehydes is 1. The lowest BCUT2D eigenvalue weighted by molar-refractivity contribution is 0.111. The Kier molecular flexibility index (Phi) is 3.55. The number of amides is 1. The van der Waals surface area contributed by atoms with E-state index in [9.17, 15) is 18.4 Å². The summed E-state index contributed by atoms with van der Waals surface area (Å²) in [5.74, 6) is -2.44. The molecule has 0 aliphatic carbocycles. The van der Waals surface area contributed by atoms with Gasteiger partial charge in [0.2, 0.25) is 0 Å². The van der Waals surface area contributed by atoms with Crippen LogP contribution in [-0.4, -0.2) is 31.4 Å². The van der Waals surface area contributed by atoms with Gasteiger partial charge in [-0.2, -0.15) is 0 Å². The summed E-state index contributed by atoms with van der Waals surface area (Å²) in [7, 11) is 2.85. The van der Waals surface area contributed by atoms with E-state index in [1.165, 1.54) is 14.1 Å². The van der Waals surface area contributed by atoms with Crippen molar-refractivity contribution < 1.29 is 23.1 Å². The van der Waals surface area contributed by atoms with Gasteiger partial charge in [0.15, 0.2) is 6.29 Å². The minimum atomic E-state index is -1.07. The Hall–Kier alpha value is -1.98. The lowest BCUT2D eigenvalue weighted by atomic mass is 10.2. The predicted molar refractivity (Wildman–Crippen MR) is 51.5 cm³/mol. The van der Waals surface area contributed by atoms with Crippen LogP contribution >= 0.6 is 0 Å². The largest absolute Gasteiger partial charge is 0.414 e. The molecule has 0 aromatic heterocycles. The molecule has 86 valence electrons. The van der Waals surface area contributed by atoms with Crippen molar-refractivity contribution in [3.05, 3.63) is 29.3 Å². The molecule has 0 N–H and O–H groups in total. The van der Waals surface area contributed by atoms with E-state index in [-0.39, 0.29) is 12.0 Å². The number of halogens is 2. The van der Waals surface area contributed by atoms with Crippen LogP contribution in [0, 0.1) is 11.6 Å². The molecule has 0 bridgehead atoms. The van der Waals surface area contributed by atoms with Crippen LogP contribution in [0.3, 0.4) is 0 Å². The van der Waals surface area contributed by atoms with Crippen LogP contribution in [0.5, 0.6) is 5.75 Å². The van der Waals surface area contributed by atoms with Crippen molar-refractivity contribution in [3.63, 3.8) is 0 Å². The Morgan fingerprint density at radius 2 is 1.81 bits per heavy atom. The quantitative estimate of drug-likeness (QED) is 0.727. The molecule has 1 amide bonds. The van der Waals surface area contributed by atoms with Crippen LogP contribution in [-0.2, 0) is 0 Å². The minimum absolute atomic E-state index is 0.0578. The second-order valence-electron chi connectivity index (χ2n) is 3.18. The first-order valence-electron chi connectivity index (χ1n) is 4.29. The van der Waals surface area contributed by atoms with Crippen LogP contribution in [0.25, 0.3) is 0 Å². The molecule has 1 aromatic rings. The van der Waals surface area contributed by atoms with E-state index >= 15 is 0 Å². The molecule has 0 radical (unpaired) electrons. The smallest absolute Gasteiger partial charge is 0.410 e. The molecule has 1 aromatic carbocycles. The Balaban J connectivity index is 3.00. The lowest BCUT2D eigenvalue weighted by Crippen LogP contribution is -2.25. The van der Waals surface area contributed by atoms with E-state index in [4.69, 9.17) is 0 Å². The molecule has 0 atom stereocenters. The first-order chi connectivity index (χ1) is 7.45. The van der Waals surface area contributed by atoms with E-state index in [0.29, 0.717) is 0 Å². The van der Waals surface area contributed by atoms with Gasteiger partial charge in [-0.15, -0.1) is 0 Å². The topological polar surface area (TPSA) is 46.6 Å². The average Bonchev–Trinajstić information content (AvgIpc) is 2.16. The van der Waals surface area contributed by atoms with Crippen molar-refractivity contribution >= 4 is 12.4 Å². The van der Waals surface area contributed by atoms with E-state index < -0.39 is 23.3 Å². The molecule has 6 heteroatoms. The molecule has 0 fully saturated rings. The van der Waals surface area contributed by atoms with Gasteiger partial charge in [0.25, 0.3) is 0 Å².